The van der Waals surface area contributed by atoms with Crippen molar-refractivity contribution in [2.45, 2.75) is 50.2 Å². The molecule has 0 bridgehead atoms. The lowest BCUT2D eigenvalue weighted by atomic mass is 10.1. The van der Waals surface area contributed by atoms with Crippen molar-refractivity contribution in [1.82, 2.24) is 9.21 Å². The summed E-state index contributed by atoms with van der Waals surface area (Å²) in [5.74, 6) is -0.141. The Hall–Kier alpha value is -1.44. The molecule has 0 aliphatic carbocycles. The van der Waals surface area contributed by atoms with Gasteiger partial charge in [-0.25, -0.2) is 8.42 Å². The summed E-state index contributed by atoms with van der Waals surface area (Å²) in [5.41, 5.74) is 0.416. The minimum absolute atomic E-state index is 0.0204. The summed E-state index contributed by atoms with van der Waals surface area (Å²) < 4.78 is 32.8. The van der Waals surface area contributed by atoms with E-state index < -0.39 is 10.0 Å². The molecule has 0 spiro atoms. The zero-order chi connectivity index (χ0) is 18.0. The second-order valence-electron chi connectivity index (χ2n) is 6.96. The number of sulfonamides is 1. The van der Waals surface area contributed by atoms with Crippen LogP contribution in [0.3, 0.4) is 0 Å². The van der Waals surface area contributed by atoms with Crippen LogP contribution < -0.4 is 0 Å². The molecule has 1 aromatic carbocycles. The largest absolute Gasteiger partial charge is 0.372 e. The predicted octanol–water partition coefficient (Wildman–Crippen LogP) is 2.11. The summed E-state index contributed by atoms with van der Waals surface area (Å²) in [4.78, 5) is 14.8. The number of hydrogen-bond donors (Lipinski definition) is 0. The van der Waals surface area contributed by atoms with Gasteiger partial charge >= 0.3 is 0 Å². The molecule has 3 rings (SSSR count). The van der Waals surface area contributed by atoms with Gasteiger partial charge in [0, 0.05) is 31.7 Å². The number of carbonyl (C=O) groups excluding carboxylic acids is 1. The maximum atomic E-state index is 12.8. The Morgan fingerprint density at radius 1 is 1.08 bits per heavy atom. The van der Waals surface area contributed by atoms with Gasteiger partial charge in [0.25, 0.3) is 5.91 Å². The first-order chi connectivity index (χ1) is 11.9. The van der Waals surface area contributed by atoms with Crippen LogP contribution in [0.15, 0.2) is 29.2 Å². The fourth-order valence-electron chi connectivity index (χ4n) is 3.57. The molecule has 2 unspecified atom stereocenters. The lowest BCUT2D eigenvalue weighted by Crippen LogP contribution is -2.48. The van der Waals surface area contributed by atoms with Gasteiger partial charge in [0.15, 0.2) is 0 Å². The molecule has 0 aromatic heterocycles. The average molecular weight is 366 g/mol. The third-order valence-corrected chi connectivity index (χ3v) is 6.64. The van der Waals surface area contributed by atoms with E-state index in [-0.39, 0.29) is 23.0 Å². The number of hydrogen-bond acceptors (Lipinski definition) is 4. The molecule has 2 saturated heterocycles. The molecule has 2 fully saturated rings. The van der Waals surface area contributed by atoms with E-state index in [9.17, 15) is 13.2 Å². The molecular weight excluding hydrogens is 340 g/mol. The zero-order valence-corrected chi connectivity index (χ0v) is 15.7. The van der Waals surface area contributed by atoms with Gasteiger partial charge in [0.05, 0.1) is 17.1 Å². The highest BCUT2D eigenvalue weighted by Crippen LogP contribution is 2.22. The Balaban J connectivity index is 1.82. The number of nitrogens with zero attached hydrogens (tertiary/aromatic N) is 2. The minimum atomic E-state index is -3.53. The van der Waals surface area contributed by atoms with E-state index >= 15 is 0 Å². The summed E-state index contributed by atoms with van der Waals surface area (Å²) in [6.07, 6.45) is 2.81. The lowest BCUT2D eigenvalue weighted by molar-refractivity contribution is -0.0586. The molecule has 2 atom stereocenters. The number of ether oxygens (including phenoxy) is 1. The molecule has 25 heavy (non-hydrogen) atoms. The Morgan fingerprint density at radius 3 is 2.36 bits per heavy atom. The highest BCUT2D eigenvalue weighted by atomic mass is 32.2. The average Bonchev–Trinajstić information content (AvgIpc) is 2.61. The molecule has 2 heterocycles. The number of rotatable bonds is 3. The van der Waals surface area contributed by atoms with E-state index in [2.05, 4.69) is 0 Å². The molecule has 1 amide bonds. The standard InChI is InChI=1S/C18H26N2O4S/c1-14-12-19(13-15(2)24-14)18(21)16-7-6-8-17(11-16)25(22,23)20-9-4-3-5-10-20/h6-8,11,14-15H,3-5,9-10,12-13H2,1-2H3. The van der Waals surface area contributed by atoms with Crippen LogP contribution in [0.2, 0.25) is 0 Å². The van der Waals surface area contributed by atoms with Gasteiger partial charge < -0.3 is 9.64 Å². The van der Waals surface area contributed by atoms with Crippen LogP contribution in [0, 0.1) is 0 Å². The number of morpholine rings is 1. The van der Waals surface area contributed by atoms with Gasteiger partial charge in [-0.2, -0.15) is 4.31 Å². The van der Waals surface area contributed by atoms with E-state index in [0.717, 1.165) is 19.3 Å². The lowest BCUT2D eigenvalue weighted by Gasteiger charge is -2.35. The van der Waals surface area contributed by atoms with Gasteiger partial charge in [-0.05, 0) is 44.9 Å². The van der Waals surface area contributed by atoms with Crippen molar-refractivity contribution >= 4 is 15.9 Å². The normalized spacial score (nSPS) is 25.8. The molecule has 138 valence electrons. The fourth-order valence-corrected chi connectivity index (χ4v) is 5.13. The van der Waals surface area contributed by atoms with E-state index in [1.165, 1.54) is 10.4 Å². The molecular formula is C18H26N2O4S. The highest BCUT2D eigenvalue weighted by Gasteiger charge is 2.29. The molecule has 1 aromatic rings. The molecule has 0 N–H and O–H groups in total. The van der Waals surface area contributed by atoms with E-state index in [1.54, 1.807) is 23.1 Å². The van der Waals surface area contributed by atoms with Crippen LogP contribution in [0.5, 0.6) is 0 Å². The van der Waals surface area contributed by atoms with Crippen molar-refractivity contribution in [3.8, 4) is 0 Å². The van der Waals surface area contributed by atoms with Crippen LogP contribution in [-0.2, 0) is 14.8 Å². The van der Waals surface area contributed by atoms with Crippen LogP contribution in [-0.4, -0.2) is 61.9 Å². The number of carbonyl (C=O) groups is 1. The second-order valence-corrected chi connectivity index (χ2v) is 8.90. The van der Waals surface area contributed by atoms with Crippen LogP contribution >= 0.6 is 0 Å². The fraction of sp³-hybridized carbons (Fsp3) is 0.611. The number of piperidine rings is 1. The van der Waals surface area contributed by atoms with Gasteiger partial charge in [0.1, 0.15) is 0 Å². The van der Waals surface area contributed by atoms with Crippen molar-refractivity contribution in [2.24, 2.45) is 0 Å². The predicted molar refractivity (Wildman–Crippen MR) is 95.0 cm³/mol. The van der Waals surface area contributed by atoms with Crippen molar-refractivity contribution < 1.29 is 17.9 Å². The van der Waals surface area contributed by atoms with Crippen LogP contribution in [0.25, 0.3) is 0 Å². The molecule has 2 aliphatic rings. The second kappa shape index (κ2) is 7.43. The molecule has 7 heteroatoms. The third kappa shape index (κ3) is 4.04. The van der Waals surface area contributed by atoms with Crippen LogP contribution in [0.1, 0.15) is 43.5 Å². The summed E-state index contributed by atoms with van der Waals surface area (Å²) in [6, 6.07) is 6.42. The maximum Gasteiger partial charge on any atom is 0.254 e. The van der Waals surface area contributed by atoms with Crippen molar-refractivity contribution in [3.63, 3.8) is 0 Å². The van der Waals surface area contributed by atoms with Crippen molar-refractivity contribution in [3.05, 3.63) is 29.8 Å². The van der Waals surface area contributed by atoms with Crippen LogP contribution in [0.4, 0.5) is 0 Å². The van der Waals surface area contributed by atoms with Gasteiger partial charge in [-0.3, -0.25) is 4.79 Å². The molecule has 0 radical (unpaired) electrons. The summed E-state index contributed by atoms with van der Waals surface area (Å²) >= 11 is 0. The highest BCUT2D eigenvalue weighted by molar-refractivity contribution is 7.89. The van der Waals surface area contributed by atoms with E-state index in [1.807, 2.05) is 13.8 Å². The minimum Gasteiger partial charge on any atom is -0.372 e. The molecule has 0 saturated carbocycles. The smallest absolute Gasteiger partial charge is 0.254 e. The zero-order valence-electron chi connectivity index (χ0n) is 14.8. The number of amides is 1. The first kappa shape index (κ1) is 18.4. The maximum absolute atomic E-state index is 12.8. The van der Waals surface area contributed by atoms with Gasteiger partial charge in [-0.1, -0.05) is 12.5 Å². The topological polar surface area (TPSA) is 66.9 Å². The van der Waals surface area contributed by atoms with Crippen molar-refractivity contribution in [1.29, 1.82) is 0 Å². The Labute approximate surface area is 149 Å². The number of benzene rings is 1. The van der Waals surface area contributed by atoms with Gasteiger partial charge in [0.2, 0.25) is 10.0 Å². The Bertz CT molecular complexity index is 718. The van der Waals surface area contributed by atoms with E-state index in [4.69, 9.17) is 4.74 Å². The molecule has 6 nitrogen and oxygen atoms in total. The quantitative estimate of drug-likeness (QED) is 0.822. The Morgan fingerprint density at radius 2 is 1.72 bits per heavy atom. The Kier molecular flexibility index (Phi) is 5.46. The summed E-state index contributed by atoms with van der Waals surface area (Å²) in [6.45, 7) is 6.02. The van der Waals surface area contributed by atoms with E-state index in [0.29, 0.717) is 31.7 Å². The molecule has 2 aliphatic heterocycles. The first-order valence-electron chi connectivity index (χ1n) is 8.93. The first-order valence-corrected chi connectivity index (χ1v) is 10.4. The monoisotopic (exact) mass is 366 g/mol. The third-order valence-electron chi connectivity index (χ3n) is 4.74. The summed E-state index contributed by atoms with van der Waals surface area (Å²) in [7, 11) is -3.53. The van der Waals surface area contributed by atoms with Crippen molar-refractivity contribution in [2.75, 3.05) is 26.2 Å². The SMILES string of the molecule is CC1CN(C(=O)c2cccc(S(=O)(=O)N3CCCCC3)c2)CC(C)O1. The van der Waals surface area contributed by atoms with Gasteiger partial charge in [-0.15, -0.1) is 0 Å². The summed E-state index contributed by atoms with van der Waals surface area (Å²) in [5, 5.41) is 0.